The predicted octanol–water partition coefficient (Wildman–Crippen LogP) is 5.86. The van der Waals surface area contributed by atoms with E-state index in [1.807, 2.05) is 49.4 Å². The lowest BCUT2D eigenvalue weighted by atomic mass is 9.84. The van der Waals surface area contributed by atoms with Crippen LogP contribution < -0.4 is 11.1 Å². The van der Waals surface area contributed by atoms with Crippen LogP contribution in [0.5, 0.6) is 0 Å². The van der Waals surface area contributed by atoms with E-state index in [1.54, 1.807) is 0 Å². The van der Waals surface area contributed by atoms with Crippen LogP contribution in [0, 0.1) is 18.7 Å². The number of aryl methyl sites for hydroxylation is 1. The van der Waals surface area contributed by atoms with Gasteiger partial charge < -0.3 is 11.1 Å². The molecule has 3 N–H and O–H groups in total. The fourth-order valence-electron chi connectivity index (χ4n) is 5.03. The Labute approximate surface area is 214 Å². The Morgan fingerprint density at radius 2 is 1.70 bits per heavy atom. The van der Waals surface area contributed by atoms with Gasteiger partial charge in [-0.15, -0.1) is 0 Å². The van der Waals surface area contributed by atoms with Crippen molar-refractivity contribution in [1.29, 1.82) is 0 Å². The van der Waals surface area contributed by atoms with E-state index < -0.39 is 11.8 Å². The smallest absolute Gasteiger partial charge is 0.251 e. The monoisotopic (exact) mass is 498 g/mol. The molecule has 0 fully saturated rings. The topological polar surface area (TPSA) is 80.9 Å². The molecule has 0 saturated heterocycles. The fourth-order valence-corrected chi connectivity index (χ4v) is 5.03. The number of nitrogens with zero attached hydrogens (tertiary/aromatic N) is 2. The molecule has 188 valence electrons. The SMILES string of the molecule is Cc1nc(N)cc(C(C)C)c1CNC(=O)c1ccc2c(c1)Cc1cc(-c3cnc(F)cc3F)ccc1C2. The zero-order valence-corrected chi connectivity index (χ0v) is 21.0. The highest BCUT2D eigenvalue weighted by Gasteiger charge is 2.20. The van der Waals surface area contributed by atoms with Gasteiger partial charge in [0.1, 0.15) is 11.6 Å². The van der Waals surface area contributed by atoms with Gasteiger partial charge in [-0.2, -0.15) is 4.39 Å². The van der Waals surface area contributed by atoms with Crippen LogP contribution in [-0.4, -0.2) is 15.9 Å². The molecule has 4 aromatic rings. The van der Waals surface area contributed by atoms with E-state index in [2.05, 4.69) is 29.1 Å². The normalized spacial score (nSPS) is 12.3. The largest absolute Gasteiger partial charge is 0.384 e. The number of benzene rings is 2. The number of carbonyl (C=O) groups is 1. The Morgan fingerprint density at radius 1 is 1.00 bits per heavy atom. The molecule has 2 heterocycles. The van der Waals surface area contributed by atoms with Crippen LogP contribution in [0.2, 0.25) is 0 Å². The lowest BCUT2D eigenvalue weighted by molar-refractivity contribution is 0.0950. The number of hydrogen-bond donors (Lipinski definition) is 2. The number of hydrogen-bond acceptors (Lipinski definition) is 4. The van der Waals surface area contributed by atoms with Crippen LogP contribution in [0.15, 0.2) is 54.7 Å². The number of halogens is 2. The van der Waals surface area contributed by atoms with Gasteiger partial charge >= 0.3 is 0 Å². The number of nitrogens with two attached hydrogens (primary N) is 1. The van der Waals surface area contributed by atoms with Crippen molar-refractivity contribution in [2.24, 2.45) is 0 Å². The van der Waals surface area contributed by atoms with Crippen LogP contribution in [-0.2, 0) is 19.4 Å². The maximum Gasteiger partial charge on any atom is 0.251 e. The summed E-state index contributed by atoms with van der Waals surface area (Å²) in [6.07, 6.45) is 2.56. The van der Waals surface area contributed by atoms with Crippen molar-refractivity contribution in [3.8, 4) is 11.1 Å². The zero-order chi connectivity index (χ0) is 26.3. The number of nitrogens with one attached hydrogen (secondary N) is 1. The molecule has 1 amide bonds. The van der Waals surface area contributed by atoms with E-state index >= 15 is 0 Å². The van der Waals surface area contributed by atoms with Gasteiger partial charge in [0, 0.05) is 35.6 Å². The number of amides is 1. The Morgan fingerprint density at radius 3 is 2.43 bits per heavy atom. The fraction of sp³-hybridized carbons (Fsp3) is 0.233. The Bertz CT molecular complexity index is 1530. The summed E-state index contributed by atoms with van der Waals surface area (Å²) in [5.74, 6) is -0.915. The van der Waals surface area contributed by atoms with Gasteiger partial charge in [0.25, 0.3) is 5.91 Å². The number of carbonyl (C=O) groups excluding carboxylic acids is 1. The van der Waals surface area contributed by atoms with Gasteiger partial charge in [-0.3, -0.25) is 4.79 Å². The van der Waals surface area contributed by atoms with E-state index in [0.29, 0.717) is 29.9 Å². The van der Waals surface area contributed by atoms with Gasteiger partial charge in [0.05, 0.1) is 0 Å². The number of rotatable bonds is 5. The van der Waals surface area contributed by atoms with Crippen LogP contribution in [0.4, 0.5) is 14.6 Å². The van der Waals surface area contributed by atoms with Crippen LogP contribution >= 0.6 is 0 Å². The van der Waals surface area contributed by atoms with Crippen LogP contribution in [0.25, 0.3) is 11.1 Å². The standard InChI is InChI=1S/C30H28F2N4O/c1-16(2)24-12-29(33)36-17(3)25(24)14-35-30(37)21-7-5-19-8-18-4-6-20(9-22(18)11-23(19)10-21)26-15-34-28(32)13-27(26)31/h4-7,9-10,12-13,15-16H,8,11,14H2,1-3H3,(H2,33,36)(H,35,37). The van der Waals surface area contributed by atoms with Crippen LogP contribution in [0.1, 0.15) is 69.2 Å². The average molecular weight is 499 g/mol. The predicted molar refractivity (Wildman–Crippen MR) is 140 cm³/mol. The molecule has 1 aliphatic carbocycles. The molecule has 2 aromatic carbocycles. The molecule has 0 spiro atoms. The first-order valence-electron chi connectivity index (χ1n) is 12.3. The van der Waals surface area contributed by atoms with E-state index in [9.17, 15) is 13.6 Å². The van der Waals surface area contributed by atoms with Crippen molar-refractivity contribution in [3.63, 3.8) is 0 Å². The second-order valence-corrected chi connectivity index (χ2v) is 9.85. The minimum atomic E-state index is -0.845. The summed E-state index contributed by atoms with van der Waals surface area (Å²) in [4.78, 5) is 21.0. The Hall–Kier alpha value is -4.13. The molecule has 2 aromatic heterocycles. The molecule has 0 saturated carbocycles. The van der Waals surface area contributed by atoms with Gasteiger partial charge in [-0.1, -0.05) is 38.1 Å². The third-order valence-electron chi connectivity index (χ3n) is 7.00. The third-order valence-corrected chi connectivity index (χ3v) is 7.00. The molecule has 5 nitrogen and oxygen atoms in total. The number of anilines is 1. The van der Waals surface area contributed by atoms with Crippen molar-refractivity contribution < 1.29 is 13.6 Å². The first-order valence-corrected chi connectivity index (χ1v) is 12.3. The maximum absolute atomic E-state index is 14.3. The summed E-state index contributed by atoms with van der Waals surface area (Å²) in [5.41, 5.74) is 14.7. The summed E-state index contributed by atoms with van der Waals surface area (Å²) in [7, 11) is 0. The highest BCUT2D eigenvalue weighted by molar-refractivity contribution is 5.94. The van der Waals surface area contributed by atoms with E-state index in [-0.39, 0.29) is 17.4 Å². The number of pyridine rings is 2. The molecular weight excluding hydrogens is 470 g/mol. The first kappa shape index (κ1) is 24.6. The second-order valence-electron chi connectivity index (χ2n) is 9.85. The summed E-state index contributed by atoms with van der Waals surface area (Å²) in [6.45, 7) is 6.45. The molecule has 0 radical (unpaired) electrons. The Balaban J connectivity index is 1.36. The Kier molecular flexibility index (Phi) is 6.46. The molecule has 7 heteroatoms. The maximum atomic E-state index is 14.3. The van der Waals surface area contributed by atoms with Gasteiger partial charge in [-0.05, 0) is 82.8 Å². The number of fused-ring (bicyclic) bond motifs is 2. The van der Waals surface area contributed by atoms with E-state index in [1.165, 1.54) is 6.20 Å². The summed E-state index contributed by atoms with van der Waals surface area (Å²) >= 11 is 0. The highest BCUT2D eigenvalue weighted by Crippen LogP contribution is 2.32. The van der Waals surface area contributed by atoms with Crippen molar-refractivity contribution in [1.82, 2.24) is 15.3 Å². The second kappa shape index (κ2) is 9.73. The first-order chi connectivity index (χ1) is 17.7. The van der Waals surface area contributed by atoms with Crippen LogP contribution in [0.3, 0.4) is 0 Å². The third kappa shape index (κ3) is 4.94. The minimum Gasteiger partial charge on any atom is -0.384 e. The van der Waals surface area contributed by atoms with Crippen molar-refractivity contribution in [2.45, 2.75) is 46.1 Å². The quantitative estimate of drug-likeness (QED) is 0.298. The zero-order valence-electron chi connectivity index (χ0n) is 21.0. The molecule has 0 aliphatic heterocycles. The van der Waals surface area contributed by atoms with Gasteiger partial charge in [-0.25, -0.2) is 14.4 Å². The molecule has 0 unspecified atom stereocenters. The molecule has 0 atom stereocenters. The molecular formula is C30H28F2N4O. The summed E-state index contributed by atoms with van der Waals surface area (Å²) < 4.78 is 27.6. The number of aromatic nitrogens is 2. The summed E-state index contributed by atoms with van der Waals surface area (Å²) in [6, 6.07) is 14.2. The summed E-state index contributed by atoms with van der Waals surface area (Å²) in [5, 5.41) is 3.04. The van der Waals surface area contributed by atoms with Crippen molar-refractivity contribution in [2.75, 3.05) is 5.73 Å². The van der Waals surface area contributed by atoms with Crippen molar-refractivity contribution in [3.05, 3.63) is 111 Å². The molecule has 1 aliphatic rings. The van der Waals surface area contributed by atoms with E-state index in [4.69, 9.17) is 5.73 Å². The molecule has 37 heavy (non-hydrogen) atoms. The van der Waals surface area contributed by atoms with Gasteiger partial charge in [0.2, 0.25) is 5.95 Å². The molecule has 0 bridgehead atoms. The number of nitrogen functional groups attached to an aromatic ring is 1. The van der Waals surface area contributed by atoms with Crippen molar-refractivity contribution >= 4 is 11.7 Å². The van der Waals surface area contributed by atoms with E-state index in [0.717, 1.165) is 51.6 Å². The lowest BCUT2D eigenvalue weighted by Crippen LogP contribution is -2.25. The lowest BCUT2D eigenvalue weighted by Gasteiger charge is -2.21. The minimum absolute atomic E-state index is 0.160. The average Bonchev–Trinajstić information content (AvgIpc) is 2.85. The van der Waals surface area contributed by atoms with Gasteiger partial charge in [0.15, 0.2) is 0 Å². The highest BCUT2D eigenvalue weighted by atomic mass is 19.1. The molecule has 5 rings (SSSR count).